The van der Waals surface area contributed by atoms with Crippen molar-refractivity contribution in [3.05, 3.63) is 36.4 Å². The lowest BCUT2D eigenvalue weighted by Gasteiger charge is -1.98. The van der Waals surface area contributed by atoms with Crippen LogP contribution in [0.15, 0.2) is 30.7 Å². The number of aromatic amines is 1. The summed E-state index contributed by atoms with van der Waals surface area (Å²) in [5.41, 5.74) is 2.01. The Morgan fingerprint density at radius 1 is 1.45 bits per heavy atom. The highest BCUT2D eigenvalue weighted by molar-refractivity contribution is 6.02. The molecular formula is C14H17N7O. The summed E-state index contributed by atoms with van der Waals surface area (Å²) in [5, 5.41) is 13.7. The van der Waals surface area contributed by atoms with Gasteiger partial charge in [0.2, 0.25) is 5.95 Å². The van der Waals surface area contributed by atoms with Crippen LogP contribution in [-0.2, 0) is 13.6 Å². The van der Waals surface area contributed by atoms with Crippen LogP contribution in [0.1, 0.15) is 23.8 Å². The predicted molar refractivity (Wildman–Crippen MR) is 81.3 cm³/mol. The van der Waals surface area contributed by atoms with Crippen LogP contribution in [-0.4, -0.2) is 35.4 Å². The lowest BCUT2D eigenvalue weighted by atomic mass is 10.3. The molecule has 0 radical (unpaired) electrons. The molecule has 1 amide bonds. The summed E-state index contributed by atoms with van der Waals surface area (Å²) in [4.78, 5) is 16.2. The molecule has 0 saturated heterocycles. The molecule has 0 aliphatic rings. The zero-order valence-corrected chi connectivity index (χ0v) is 12.4. The molecular weight excluding hydrogens is 282 g/mol. The average molecular weight is 299 g/mol. The predicted octanol–water partition coefficient (Wildman–Crippen LogP) is 1.67. The van der Waals surface area contributed by atoms with Crippen molar-refractivity contribution in [2.75, 3.05) is 5.32 Å². The van der Waals surface area contributed by atoms with Crippen molar-refractivity contribution in [3.8, 4) is 11.4 Å². The largest absolute Gasteiger partial charge is 0.349 e. The normalized spacial score (nSPS) is 10.8. The first-order chi connectivity index (χ1) is 10.7. The van der Waals surface area contributed by atoms with E-state index in [9.17, 15) is 4.79 Å². The monoisotopic (exact) mass is 299 g/mol. The maximum absolute atomic E-state index is 12.2. The first-order valence-corrected chi connectivity index (χ1v) is 7.05. The Kier molecular flexibility index (Phi) is 3.73. The van der Waals surface area contributed by atoms with E-state index in [0.29, 0.717) is 11.4 Å². The summed E-state index contributed by atoms with van der Waals surface area (Å²) in [7, 11) is 1.92. The third kappa shape index (κ3) is 2.76. The number of anilines is 1. The van der Waals surface area contributed by atoms with E-state index < -0.39 is 0 Å². The minimum absolute atomic E-state index is 0.286. The van der Waals surface area contributed by atoms with Gasteiger partial charge in [0.1, 0.15) is 17.7 Å². The average Bonchev–Trinajstić information content (AvgIpc) is 3.19. The zero-order chi connectivity index (χ0) is 15.5. The van der Waals surface area contributed by atoms with E-state index in [1.54, 1.807) is 17.1 Å². The third-order valence-electron chi connectivity index (χ3n) is 3.24. The Bertz CT molecular complexity index is 783. The molecule has 114 valence electrons. The van der Waals surface area contributed by atoms with Gasteiger partial charge in [-0.2, -0.15) is 5.10 Å². The van der Waals surface area contributed by atoms with Crippen LogP contribution in [0.25, 0.3) is 11.4 Å². The van der Waals surface area contributed by atoms with Gasteiger partial charge in [0.05, 0.1) is 5.69 Å². The number of aryl methyl sites for hydroxylation is 2. The number of aromatic nitrogens is 6. The van der Waals surface area contributed by atoms with E-state index in [4.69, 9.17) is 0 Å². The molecule has 0 spiro atoms. The van der Waals surface area contributed by atoms with Gasteiger partial charge in [-0.05, 0) is 24.6 Å². The van der Waals surface area contributed by atoms with Gasteiger partial charge >= 0.3 is 0 Å². The van der Waals surface area contributed by atoms with Gasteiger partial charge in [-0.25, -0.2) is 4.98 Å². The van der Waals surface area contributed by atoms with E-state index in [2.05, 4.69) is 32.5 Å². The summed E-state index contributed by atoms with van der Waals surface area (Å²) in [6, 6.07) is 5.56. The maximum atomic E-state index is 12.2. The number of carbonyl (C=O) groups excluding carboxylic acids is 1. The molecule has 3 rings (SSSR count). The fourth-order valence-corrected chi connectivity index (χ4v) is 2.15. The first kappa shape index (κ1) is 14.1. The molecule has 0 unspecified atom stereocenters. The molecule has 3 aromatic heterocycles. The summed E-state index contributed by atoms with van der Waals surface area (Å²) < 4.78 is 3.63. The molecule has 0 saturated carbocycles. The lowest BCUT2D eigenvalue weighted by Crippen LogP contribution is -2.13. The van der Waals surface area contributed by atoms with Gasteiger partial charge in [0.15, 0.2) is 0 Å². The molecule has 0 bridgehead atoms. The maximum Gasteiger partial charge on any atom is 0.276 e. The highest BCUT2D eigenvalue weighted by atomic mass is 16.2. The second-order valence-corrected chi connectivity index (χ2v) is 4.96. The molecule has 0 atom stereocenters. The van der Waals surface area contributed by atoms with Crippen LogP contribution < -0.4 is 5.32 Å². The number of amides is 1. The Balaban J connectivity index is 1.72. The van der Waals surface area contributed by atoms with Crippen molar-refractivity contribution in [1.82, 2.24) is 29.5 Å². The number of H-pyrrole nitrogens is 1. The van der Waals surface area contributed by atoms with Crippen molar-refractivity contribution in [2.24, 2.45) is 7.05 Å². The first-order valence-electron chi connectivity index (χ1n) is 7.05. The fourth-order valence-electron chi connectivity index (χ4n) is 2.15. The van der Waals surface area contributed by atoms with Crippen molar-refractivity contribution in [1.29, 1.82) is 0 Å². The number of carbonyl (C=O) groups is 1. The Morgan fingerprint density at radius 2 is 2.32 bits per heavy atom. The Labute approximate surface area is 127 Å². The number of hydrogen-bond donors (Lipinski definition) is 2. The van der Waals surface area contributed by atoms with Gasteiger partial charge in [0.25, 0.3) is 5.91 Å². The molecule has 8 nitrogen and oxygen atoms in total. The number of nitrogens with one attached hydrogen (secondary N) is 2. The second kappa shape index (κ2) is 5.84. The van der Waals surface area contributed by atoms with Gasteiger partial charge < -0.3 is 4.57 Å². The van der Waals surface area contributed by atoms with E-state index >= 15 is 0 Å². The molecule has 0 aromatic carbocycles. The molecule has 22 heavy (non-hydrogen) atoms. The molecule has 3 aromatic rings. The summed E-state index contributed by atoms with van der Waals surface area (Å²) in [6.45, 7) is 2.82. The highest BCUT2D eigenvalue weighted by Gasteiger charge is 2.14. The summed E-state index contributed by atoms with van der Waals surface area (Å²) in [6.07, 6.45) is 4.48. The van der Waals surface area contributed by atoms with E-state index in [1.807, 2.05) is 29.9 Å². The molecule has 0 fully saturated rings. The van der Waals surface area contributed by atoms with Crippen LogP contribution in [0.5, 0.6) is 0 Å². The molecule has 0 aliphatic carbocycles. The number of hydrogen-bond acceptors (Lipinski definition) is 4. The van der Waals surface area contributed by atoms with Crippen molar-refractivity contribution in [3.63, 3.8) is 0 Å². The molecule has 3 heterocycles. The molecule has 2 N–H and O–H groups in total. The van der Waals surface area contributed by atoms with Gasteiger partial charge in [-0.15, -0.1) is 5.10 Å². The number of rotatable bonds is 5. The van der Waals surface area contributed by atoms with Crippen molar-refractivity contribution in [2.45, 2.75) is 19.9 Å². The minimum Gasteiger partial charge on any atom is -0.349 e. The topological polar surface area (TPSA) is 93.4 Å². The molecule has 8 heteroatoms. The second-order valence-electron chi connectivity index (χ2n) is 4.96. The Morgan fingerprint density at radius 3 is 3.05 bits per heavy atom. The van der Waals surface area contributed by atoms with Crippen LogP contribution in [0, 0.1) is 0 Å². The zero-order valence-electron chi connectivity index (χ0n) is 12.4. The van der Waals surface area contributed by atoms with E-state index in [-0.39, 0.29) is 11.9 Å². The number of nitrogens with zero attached hydrogens (tertiary/aromatic N) is 5. The van der Waals surface area contributed by atoms with Crippen molar-refractivity contribution < 1.29 is 4.79 Å². The van der Waals surface area contributed by atoms with E-state index in [0.717, 1.165) is 18.7 Å². The van der Waals surface area contributed by atoms with Crippen LogP contribution in [0.3, 0.4) is 0 Å². The quantitative estimate of drug-likeness (QED) is 0.749. The third-order valence-corrected chi connectivity index (χ3v) is 3.24. The van der Waals surface area contributed by atoms with Gasteiger partial charge in [-0.3, -0.25) is 19.9 Å². The summed E-state index contributed by atoms with van der Waals surface area (Å²) in [5.74, 6) is -0.0318. The lowest BCUT2D eigenvalue weighted by molar-refractivity contribution is 0.102. The Hall–Kier alpha value is -2.90. The van der Waals surface area contributed by atoms with Crippen LogP contribution in [0.2, 0.25) is 0 Å². The minimum atomic E-state index is -0.317. The van der Waals surface area contributed by atoms with Gasteiger partial charge in [0, 0.05) is 19.8 Å². The summed E-state index contributed by atoms with van der Waals surface area (Å²) >= 11 is 0. The van der Waals surface area contributed by atoms with Crippen LogP contribution in [0.4, 0.5) is 5.95 Å². The fraction of sp³-hybridized carbons (Fsp3) is 0.286. The standard InChI is InChI=1S/C14H17N7O/c1-3-6-21-9-15-14(19-21)16-13(22)11-8-10(17-18-11)12-5-4-7-20(12)2/h4-5,7-9H,3,6H2,1-2H3,(H,17,18)(H,16,19,22). The van der Waals surface area contributed by atoms with Crippen LogP contribution >= 0.6 is 0 Å². The van der Waals surface area contributed by atoms with Gasteiger partial charge in [-0.1, -0.05) is 6.92 Å². The SMILES string of the molecule is CCCn1cnc(NC(=O)c2cc(-c3cccn3C)n[nH]2)n1. The smallest absolute Gasteiger partial charge is 0.276 e. The molecule has 0 aliphatic heterocycles. The van der Waals surface area contributed by atoms with E-state index in [1.165, 1.54) is 0 Å². The highest BCUT2D eigenvalue weighted by Crippen LogP contribution is 2.17. The van der Waals surface area contributed by atoms with Crippen molar-refractivity contribution >= 4 is 11.9 Å².